The van der Waals surface area contributed by atoms with Crippen LogP contribution in [-0.4, -0.2) is 40.8 Å². The first-order valence-electron chi connectivity index (χ1n) is 8.64. The van der Waals surface area contributed by atoms with Gasteiger partial charge in [-0.3, -0.25) is 9.78 Å². The zero-order valence-electron chi connectivity index (χ0n) is 14.2. The van der Waals surface area contributed by atoms with Gasteiger partial charge in [0.25, 0.3) is 0 Å². The van der Waals surface area contributed by atoms with Crippen molar-refractivity contribution in [3.63, 3.8) is 0 Å². The number of aromatic nitrogens is 1. The molecule has 1 aromatic carbocycles. The first kappa shape index (κ1) is 16.7. The van der Waals surface area contributed by atoms with Gasteiger partial charge in [-0.25, -0.2) is 0 Å². The molecule has 0 bridgehead atoms. The Kier molecular flexibility index (Phi) is 5.26. The molecule has 1 saturated heterocycles. The Morgan fingerprint density at radius 1 is 1.12 bits per heavy atom. The SMILES string of the molecule is CC(=O)C1(Nc2ccccc2)CCN(CCc2ccccn2)CC1. The topological polar surface area (TPSA) is 45.2 Å². The van der Waals surface area contributed by atoms with Crippen molar-refractivity contribution in [1.29, 1.82) is 0 Å². The number of nitrogens with one attached hydrogen (secondary N) is 1. The van der Waals surface area contributed by atoms with Gasteiger partial charge in [0.05, 0.1) is 5.54 Å². The van der Waals surface area contributed by atoms with Gasteiger partial charge >= 0.3 is 0 Å². The minimum atomic E-state index is -0.428. The Bertz CT molecular complexity index is 649. The Hall–Kier alpha value is -2.20. The Balaban J connectivity index is 1.57. The molecule has 0 radical (unpaired) electrons. The lowest BCUT2D eigenvalue weighted by Gasteiger charge is -2.41. The van der Waals surface area contributed by atoms with Crippen molar-refractivity contribution in [2.45, 2.75) is 31.7 Å². The lowest BCUT2D eigenvalue weighted by molar-refractivity contribution is -0.122. The number of piperidine rings is 1. The summed E-state index contributed by atoms with van der Waals surface area (Å²) in [6.45, 7) is 4.58. The van der Waals surface area contributed by atoms with E-state index >= 15 is 0 Å². The van der Waals surface area contributed by atoms with E-state index in [-0.39, 0.29) is 5.78 Å². The van der Waals surface area contributed by atoms with E-state index in [4.69, 9.17) is 0 Å². The number of likely N-dealkylation sites (tertiary alicyclic amines) is 1. The van der Waals surface area contributed by atoms with Gasteiger partial charge in [0.2, 0.25) is 0 Å². The van der Waals surface area contributed by atoms with Crippen LogP contribution >= 0.6 is 0 Å². The van der Waals surface area contributed by atoms with Crippen LogP contribution in [0.5, 0.6) is 0 Å². The van der Waals surface area contributed by atoms with Crippen LogP contribution in [0.25, 0.3) is 0 Å². The van der Waals surface area contributed by atoms with Crippen molar-refractivity contribution >= 4 is 11.5 Å². The van der Waals surface area contributed by atoms with Gasteiger partial charge in [0, 0.05) is 43.6 Å². The van der Waals surface area contributed by atoms with E-state index in [1.807, 2.05) is 48.7 Å². The van der Waals surface area contributed by atoms with Crippen LogP contribution < -0.4 is 5.32 Å². The average molecular weight is 323 g/mol. The number of carbonyl (C=O) groups is 1. The second-order valence-electron chi connectivity index (χ2n) is 6.54. The van der Waals surface area contributed by atoms with Crippen molar-refractivity contribution in [2.24, 2.45) is 0 Å². The van der Waals surface area contributed by atoms with Crippen molar-refractivity contribution in [3.8, 4) is 0 Å². The molecule has 1 fully saturated rings. The molecule has 0 aliphatic carbocycles. The monoisotopic (exact) mass is 323 g/mol. The first-order valence-corrected chi connectivity index (χ1v) is 8.64. The molecule has 0 spiro atoms. The van der Waals surface area contributed by atoms with Crippen LogP contribution in [0.3, 0.4) is 0 Å². The third-order valence-electron chi connectivity index (χ3n) is 4.95. The molecule has 24 heavy (non-hydrogen) atoms. The highest BCUT2D eigenvalue weighted by Gasteiger charge is 2.38. The van der Waals surface area contributed by atoms with Crippen LogP contribution in [0, 0.1) is 0 Å². The first-order chi connectivity index (χ1) is 11.7. The predicted octanol–water partition coefficient (Wildman–Crippen LogP) is 3.16. The molecule has 4 heteroatoms. The highest BCUT2D eigenvalue weighted by molar-refractivity contribution is 5.89. The van der Waals surface area contributed by atoms with E-state index in [0.29, 0.717) is 0 Å². The normalized spacial score (nSPS) is 17.4. The molecular formula is C20H25N3O. The second kappa shape index (κ2) is 7.58. The quantitative estimate of drug-likeness (QED) is 0.887. The van der Waals surface area contributed by atoms with Crippen molar-refractivity contribution in [2.75, 3.05) is 25.0 Å². The minimum Gasteiger partial charge on any atom is -0.373 e. The van der Waals surface area contributed by atoms with Crippen LogP contribution in [-0.2, 0) is 11.2 Å². The average Bonchev–Trinajstić information content (AvgIpc) is 2.63. The lowest BCUT2D eigenvalue weighted by Crippen LogP contribution is -2.53. The summed E-state index contributed by atoms with van der Waals surface area (Å²) < 4.78 is 0. The Morgan fingerprint density at radius 3 is 2.46 bits per heavy atom. The van der Waals surface area contributed by atoms with E-state index < -0.39 is 5.54 Å². The summed E-state index contributed by atoms with van der Waals surface area (Å²) in [7, 11) is 0. The zero-order valence-corrected chi connectivity index (χ0v) is 14.2. The third-order valence-corrected chi connectivity index (χ3v) is 4.95. The zero-order chi connectivity index (χ0) is 16.8. The molecule has 2 aromatic rings. The number of para-hydroxylation sites is 1. The summed E-state index contributed by atoms with van der Waals surface area (Å²) in [6, 6.07) is 16.1. The van der Waals surface area contributed by atoms with Crippen LogP contribution in [0.15, 0.2) is 54.7 Å². The fraction of sp³-hybridized carbons (Fsp3) is 0.400. The summed E-state index contributed by atoms with van der Waals surface area (Å²) in [6.07, 6.45) is 4.50. The summed E-state index contributed by atoms with van der Waals surface area (Å²) in [5.74, 6) is 0.232. The Morgan fingerprint density at radius 2 is 1.83 bits per heavy atom. The minimum absolute atomic E-state index is 0.232. The molecule has 3 rings (SSSR count). The van der Waals surface area contributed by atoms with Gasteiger partial charge in [-0.15, -0.1) is 0 Å². The predicted molar refractivity (Wildman–Crippen MR) is 97.1 cm³/mol. The van der Waals surface area contributed by atoms with E-state index in [1.165, 1.54) is 0 Å². The summed E-state index contributed by atoms with van der Waals surface area (Å²) >= 11 is 0. The van der Waals surface area contributed by atoms with E-state index in [2.05, 4.69) is 21.3 Å². The molecule has 1 N–H and O–H groups in total. The highest BCUT2D eigenvalue weighted by atomic mass is 16.1. The molecular weight excluding hydrogens is 298 g/mol. The van der Waals surface area contributed by atoms with Crippen LogP contribution in [0.4, 0.5) is 5.69 Å². The van der Waals surface area contributed by atoms with Crippen LogP contribution in [0.1, 0.15) is 25.5 Å². The summed E-state index contributed by atoms with van der Waals surface area (Å²) in [4.78, 5) is 19.1. The number of hydrogen-bond acceptors (Lipinski definition) is 4. The molecule has 126 valence electrons. The van der Waals surface area contributed by atoms with Gasteiger partial charge in [-0.05, 0) is 44.0 Å². The van der Waals surface area contributed by atoms with Crippen molar-refractivity contribution in [1.82, 2.24) is 9.88 Å². The molecule has 0 amide bonds. The maximum atomic E-state index is 12.3. The maximum Gasteiger partial charge on any atom is 0.155 e. The highest BCUT2D eigenvalue weighted by Crippen LogP contribution is 2.28. The molecule has 1 aliphatic heterocycles. The number of Topliss-reactive ketones (excluding diaryl/α,β-unsaturated/α-hetero) is 1. The number of benzene rings is 1. The van der Waals surface area contributed by atoms with Crippen molar-refractivity contribution in [3.05, 3.63) is 60.4 Å². The summed E-state index contributed by atoms with van der Waals surface area (Å²) in [5, 5.41) is 3.50. The van der Waals surface area contributed by atoms with Gasteiger partial charge in [0.1, 0.15) is 0 Å². The van der Waals surface area contributed by atoms with Gasteiger partial charge in [0.15, 0.2) is 5.78 Å². The number of rotatable bonds is 6. The number of pyridine rings is 1. The smallest absolute Gasteiger partial charge is 0.155 e. The molecule has 2 heterocycles. The largest absolute Gasteiger partial charge is 0.373 e. The molecule has 0 unspecified atom stereocenters. The number of nitrogens with zero attached hydrogens (tertiary/aromatic N) is 2. The lowest BCUT2D eigenvalue weighted by atomic mass is 9.83. The molecule has 4 nitrogen and oxygen atoms in total. The number of carbonyl (C=O) groups excluding carboxylic acids is 1. The van der Waals surface area contributed by atoms with E-state index in [1.54, 1.807) is 6.92 Å². The van der Waals surface area contributed by atoms with Crippen molar-refractivity contribution < 1.29 is 4.79 Å². The second-order valence-corrected chi connectivity index (χ2v) is 6.54. The fourth-order valence-electron chi connectivity index (χ4n) is 3.34. The van der Waals surface area contributed by atoms with Crippen LogP contribution in [0.2, 0.25) is 0 Å². The molecule has 0 saturated carbocycles. The maximum absolute atomic E-state index is 12.3. The standard InChI is InChI=1S/C20H25N3O/c1-17(24)20(22-19-8-3-2-4-9-19)11-15-23(16-12-20)14-10-18-7-5-6-13-21-18/h2-9,13,22H,10-12,14-16H2,1H3. The van der Waals surface area contributed by atoms with Gasteiger partial charge in [-0.1, -0.05) is 24.3 Å². The van der Waals surface area contributed by atoms with E-state index in [9.17, 15) is 4.79 Å². The van der Waals surface area contributed by atoms with Gasteiger partial charge < -0.3 is 10.2 Å². The summed E-state index contributed by atoms with van der Waals surface area (Å²) in [5.41, 5.74) is 1.72. The molecule has 1 aliphatic rings. The molecule has 0 atom stereocenters. The Labute approximate surface area is 143 Å². The van der Waals surface area contributed by atoms with E-state index in [0.717, 1.165) is 50.3 Å². The fourth-order valence-corrected chi connectivity index (χ4v) is 3.34. The number of ketones is 1. The molecule has 1 aromatic heterocycles. The van der Waals surface area contributed by atoms with Gasteiger partial charge in [-0.2, -0.15) is 0 Å². The third kappa shape index (κ3) is 4.01. The number of hydrogen-bond donors (Lipinski definition) is 1. The number of anilines is 1.